The predicted octanol–water partition coefficient (Wildman–Crippen LogP) is 4.49. The van der Waals surface area contributed by atoms with Crippen molar-refractivity contribution in [2.24, 2.45) is 11.8 Å². The fourth-order valence-corrected chi connectivity index (χ4v) is 5.33. The van der Waals surface area contributed by atoms with Gasteiger partial charge in [0.15, 0.2) is 11.5 Å². The van der Waals surface area contributed by atoms with Crippen LogP contribution in [0.5, 0.6) is 11.5 Å². The molecule has 0 amide bonds. The highest BCUT2D eigenvalue weighted by atomic mass is 16.5. The average Bonchev–Trinajstić information content (AvgIpc) is 2.91. The zero-order valence-corrected chi connectivity index (χ0v) is 16.0. The van der Waals surface area contributed by atoms with Crippen LogP contribution in [0, 0.1) is 11.8 Å². The first-order valence-corrected chi connectivity index (χ1v) is 9.43. The number of ether oxygens (including phenoxy) is 2. The zero-order chi connectivity index (χ0) is 17.3. The summed E-state index contributed by atoms with van der Waals surface area (Å²) in [6.07, 6.45) is 6.63. The Balaban J connectivity index is 1.97. The number of methoxy groups -OCH3 is 2. The van der Waals surface area contributed by atoms with Gasteiger partial charge in [0.25, 0.3) is 0 Å². The van der Waals surface area contributed by atoms with Crippen molar-refractivity contribution in [3.8, 4) is 11.5 Å². The molecule has 0 spiro atoms. The largest absolute Gasteiger partial charge is 0.493 e. The Labute approximate surface area is 147 Å². The van der Waals surface area contributed by atoms with E-state index in [2.05, 4.69) is 44.0 Å². The maximum absolute atomic E-state index is 5.59. The van der Waals surface area contributed by atoms with Crippen LogP contribution in [0.4, 0.5) is 0 Å². The van der Waals surface area contributed by atoms with Gasteiger partial charge in [-0.05, 0) is 75.2 Å². The van der Waals surface area contributed by atoms with Gasteiger partial charge in [-0.15, -0.1) is 0 Å². The van der Waals surface area contributed by atoms with Gasteiger partial charge in [-0.2, -0.15) is 0 Å². The van der Waals surface area contributed by atoms with Crippen LogP contribution in [0.1, 0.15) is 51.5 Å². The van der Waals surface area contributed by atoms with Gasteiger partial charge < -0.3 is 14.4 Å². The molecule has 3 rings (SSSR count). The van der Waals surface area contributed by atoms with Crippen LogP contribution in [-0.2, 0) is 5.41 Å². The molecule has 3 heteroatoms. The Morgan fingerprint density at radius 1 is 1.17 bits per heavy atom. The fourth-order valence-electron chi connectivity index (χ4n) is 5.33. The standard InChI is InChI=1S/C21H33NO2/c1-15(2)12-16-6-9-20-21(14-16,10-11-22(20)3)17-7-8-18(23-4)19(13-17)24-5/h7-8,13,15-16,20H,6,9-12,14H2,1-5H3/t16-,20-,21+/m0/s1. The number of rotatable bonds is 5. The van der Waals surface area contributed by atoms with Gasteiger partial charge in [0.05, 0.1) is 14.2 Å². The molecular weight excluding hydrogens is 298 g/mol. The maximum atomic E-state index is 5.59. The minimum atomic E-state index is 0.284. The molecule has 1 heterocycles. The molecule has 1 aromatic carbocycles. The van der Waals surface area contributed by atoms with E-state index in [4.69, 9.17) is 9.47 Å². The van der Waals surface area contributed by atoms with Crippen LogP contribution in [0.15, 0.2) is 18.2 Å². The van der Waals surface area contributed by atoms with E-state index in [1.54, 1.807) is 14.2 Å². The summed E-state index contributed by atoms with van der Waals surface area (Å²) in [6, 6.07) is 7.28. The maximum Gasteiger partial charge on any atom is 0.161 e. The Morgan fingerprint density at radius 2 is 1.92 bits per heavy atom. The molecule has 1 aromatic rings. The second kappa shape index (κ2) is 6.95. The molecular formula is C21H33NO2. The minimum Gasteiger partial charge on any atom is -0.493 e. The highest BCUT2D eigenvalue weighted by molar-refractivity contribution is 5.46. The van der Waals surface area contributed by atoms with Crippen molar-refractivity contribution in [2.75, 3.05) is 27.8 Å². The topological polar surface area (TPSA) is 21.7 Å². The monoisotopic (exact) mass is 331 g/mol. The van der Waals surface area contributed by atoms with Crippen molar-refractivity contribution >= 4 is 0 Å². The lowest BCUT2D eigenvalue weighted by Gasteiger charge is -2.45. The molecule has 0 bridgehead atoms. The van der Waals surface area contributed by atoms with E-state index >= 15 is 0 Å². The third-order valence-corrected chi connectivity index (χ3v) is 6.35. The Kier molecular flexibility index (Phi) is 5.10. The van der Waals surface area contributed by atoms with E-state index in [0.29, 0.717) is 6.04 Å². The normalized spacial score (nSPS) is 30.4. The first kappa shape index (κ1) is 17.6. The van der Waals surface area contributed by atoms with Gasteiger partial charge in [-0.1, -0.05) is 19.9 Å². The third kappa shape index (κ3) is 3.03. The molecule has 0 N–H and O–H groups in total. The lowest BCUT2D eigenvalue weighted by molar-refractivity contribution is 0.131. The summed E-state index contributed by atoms with van der Waals surface area (Å²) < 4.78 is 11.0. The molecule has 1 aliphatic heterocycles. The molecule has 2 aliphatic rings. The van der Waals surface area contributed by atoms with E-state index in [-0.39, 0.29) is 5.41 Å². The number of benzene rings is 1. The molecule has 0 radical (unpaired) electrons. The number of fused-ring (bicyclic) bond motifs is 1. The van der Waals surface area contributed by atoms with E-state index in [1.165, 1.54) is 44.2 Å². The summed E-state index contributed by atoms with van der Waals surface area (Å²) in [5.41, 5.74) is 1.73. The van der Waals surface area contributed by atoms with Crippen molar-refractivity contribution < 1.29 is 9.47 Å². The molecule has 1 aliphatic carbocycles. The van der Waals surface area contributed by atoms with E-state index in [1.807, 2.05) is 0 Å². The van der Waals surface area contributed by atoms with E-state index in [0.717, 1.165) is 23.3 Å². The first-order chi connectivity index (χ1) is 11.5. The van der Waals surface area contributed by atoms with Crippen LogP contribution < -0.4 is 9.47 Å². The first-order valence-electron chi connectivity index (χ1n) is 9.43. The molecule has 24 heavy (non-hydrogen) atoms. The highest BCUT2D eigenvalue weighted by Crippen LogP contribution is 2.52. The van der Waals surface area contributed by atoms with Crippen LogP contribution in [0.2, 0.25) is 0 Å². The third-order valence-electron chi connectivity index (χ3n) is 6.35. The van der Waals surface area contributed by atoms with Crippen LogP contribution >= 0.6 is 0 Å². The second-order valence-corrected chi connectivity index (χ2v) is 8.25. The zero-order valence-electron chi connectivity index (χ0n) is 16.0. The van der Waals surface area contributed by atoms with Crippen LogP contribution in [0.3, 0.4) is 0 Å². The van der Waals surface area contributed by atoms with Gasteiger partial charge >= 0.3 is 0 Å². The molecule has 0 aromatic heterocycles. The second-order valence-electron chi connectivity index (χ2n) is 8.25. The van der Waals surface area contributed by atoms with Crippen molar-refractivity contribution in [2.45, 2.75) is 57.4 Å². The molecule has 1 saturated heterocycles. The van der Waals surface area contributed by atoms with Gasteiger partial charge in [0, 0.05) is 11.5 Å². The number of hydrogen-bond acceptors (Lipinski definition) is 3. The lowest BCUT2D eigenvalue weighted by Crippen LogP contribution is -2.46. The Morgan fingerprint density at radius 3 is 2.58 bits per heavy atom. The van der Waals surface area contributed by atoms with Gasteiger partial charge in [-0.25, -0.2) is 0 Å². The summed E-state index contributed by atoms with van der Waals surface area (Å²) in [7, 11) is 5.75. The summed E-state index contributed by atoms with van der Waals surface area (Å²) in [4.78, 5) is 2.59. The molecule has 1 saturated carbocycles. The van der Waals surface area contributed by atoms with E-state index in [9.17, 15) is 0 Å². The van der Waals surface area contributed by atoms with Crippen molar-refractivity contribution in [1.82, 2.24) is 4.90 Å². The number of nitrogens with zero attached hydrogens (tertiary/aromatic N) is 1. The molecule has 2 fully saturated rings. The number of likely N-dealkylation sites (N-methyl/N-ethyl adjacent to an activating group) is 1. The molecule has 0 unspecified atom stereocenters. The summed E-state index contributed by atoms with van der Waals surface area (Å²) in [6.45, 7) is 5.92. The summed E-state index contributed by atoms with van der Waals surface area (Å²) in [5, 5.41) is 0. The molecule has 3 nitrogen and oxygen atoms in total. The minimum absolute atomic E-state index is 0.284. The summed E-state index contributed by atoms with van der Waals surface area (Å²) in [5.74, 6) is 3.33. The summed E-state index contributed by atoms with van der Waals surface area (Å²) >= 11 is 0. The smallest absolute Gasteiger partial charge is 0.161 e. The SMILES string of the molecule is COc1ccc([C@]23CCN(C)[C@H]2CC[C@@H](CC(C)C)C3)cc1OC. The highest BCUT2D eigenvalue weighted by Gasteiger charge is 2.50. The number of hydrogen-bond donors (Lipinski definition) is 0. The van der Waals surface area contributed by atoms with Crippen LogP contribution in [-0.4, -0.2) is 38.8 Å². The molecule has 3 atom stereocenters. The molecule has 134 valence electrons. The Hall–Kier alpha value is -1.22. The van der Waals surface area contributed by atoms with Crippen molar-refractivity contribution in [1.29, 1.82) is 0 Å². The Bertz CT molecular complexity index is 571. The van der Waals surface area contributed by atoms with Crippen molar-refractivity contribution in [3.63, 3.8) is 0 Å². The lowest BCUT2D eigenvalue weighted by atomic mass is 9.62. The van der Waals surface area contributed by atoms with Gasteiger partial charge in [-0.3, -0.25) is 0 Å². The average molecular weight is 332 g/mol. The fraction of sp³-hybridized carbons (Fsp3) is 0.714. The van der Waals surface area contributed by atoms with Crippen LogP contribution in [0.25, 0.3) is 0 Å². The van der Waals surface area contributed by atoms with Gasteiger partial charge in [0.2, 0.25) is 0 Å². The quantitative estimate of drug-likeness (QED) is 0.793. The van der Waals surface area contributed by atoms with Crippen molar-refractivity contribution in [3.05, 3.63) is 23.8 Å². The van der Waals surface area contributed by atoms with E-state index < -0.39 is 0 Å². The number of likely N-dealkylation sites (tertiary alicyclic amines) is 1. The van der Waals surface area contributed by atoms with Gasteiger partial charge in [0.1, 0.15) is 0 Å². The predicted molar refractivity (Wildman–Crippen MR) is 99.1 cm³/mol.